The predicted molar refractivity (Wildman–Crippen MR) is 125 cm³/mol. The molecule has 1 N–H and O–H groups in total. The maximum atomic E-state index is 11.1. The van der Waals surface area contributed by atoms with E-state index in [4.69, 9.17) is 5.11 Å². The normalized spacial score (nSPS) is 14.7. The summed E-state index contributed by atoms with van der Waals surface area (Å²) in [5.41, 5.74) is 9.24. The third-order valence-corrected chi connectivity index (χ3v) is 6.29. The second-order valence-corrected chi connectivity index (χ2v) is 8.79. The number of aromatic nitrogens is 2. The Morgan fingerprint density at radius 3 is 2.55 bits per heavy atom. The Kier molecular flexibility index (Phi) is 5.40. The number of carboxylic acids is 1. The van der Waals surface area contributed by atoms with Crippen molar-refractivity contribution in [2.75, 3.05) is 0 Å². The molecule has 4 nitrogen and oxygen atoms in total. The molecule has 1 aliphatic carbocycles. The summed E-state index contributed by atoms with van der Waals surface area (Å²) in [6, 6.07) is 8.93. The Morgan fingerprint density at radius 2 is 1.90 bits per heavy atom. The molecule has 0 fully saturated rings. The van der Waals surface area contributed by atoms with E-state index in [0.717, 1.165) is 12.0 Å². The average Bonchev–Trinajstić information content (AvgIpc) is 3.24. The zero-order valence-electron chi connectivity index (χ0n) is 18.5. The molecule has 0 spiro atoms. The summed E-state index contributed by atoms with van der Waals surface area (Å²) in [6.07, 6.45) is 13.6. The fourth-order valence-corrected chi connectivity index (χ4v) is 4.74. The van der Waals surface area contributed by atoms with Gasteiger partial charge in [0.15, 0.2) is 0 Å². The van der Waals surface area contributed by atoms with Gasteiger partial charge >= 0.3 is 5.97 Å². The van der Waals surface area contributed by atoms with Gasteiger partial charge in [0.2, 0.25) is 0 Å². The van der Waals surface area contributed by atoms with E-state index in [0.29, 0.717) is 12.1 Å². The first kappa shape index (κ1) is 20.9. The van der Waals surface area contributed by atoms with Gasteiger partial charge in [0.1, 0.15) is 0 Å². The molecule has 1 heterocycles. The number of allylic oxidation sites excluding steroid dienone is 2. The topological polar surface area (TPSA) is 55.1 Å². The fraction of sp³-hybridized carbons (Fsp3) is 0.259. The van der Waals surface area contributed by atoms with E-state index in [1.165, 1.54) is 33.4 Å². The van der Waals surface area contributed by atoms with Crippen LogP contribution in [0.5, 0.6) is 0 Å². The van der Waals surface area contributed by atoms with Crippen LogP contribution in [0.4, 0.5) is 0 Å². The van der Waals surface area contributed by atoms with Crippen LogP contribution in [0.2, 0.25) is 0 Å². The molecule has 3 aromatic rings. The highest BCUT2D eigenvalue weighted by Gasteiger charge is 2.29. The third kappa shape index (κ3) is 3.98. The van der Waals surface area contributed by atoms with Gasteiger partial charge in [-0.25, -0.2) is 4.79 Å². The van der Waals surface area contributed by atoms with Crippen LogP contribution in [0.25, 0.3) is 12.2 Å². The number of nitrogens with zero attached hydrogens (tertiary/aromatic N) is 2. The summed E-state index contributed by atoms with van der Waals surface area (Å²) >= 11 is 0. The molecule has 4 rings (SSSR count). The summed E-state index contributed by atoms with van der Waals surface area (Å²) in [7, 11) is 0. The first-order chi connectivity index (χ1) is 14.8. The molecule has 0 radical (unpaired) electrons. The van der Waals surface area contributed by atoms with Crippen LogP contribution in [-0.4, -0.2) is 20.9 Å². The number of rotatable bonds is 5. The van der Waals surface area contributed by atoms with Gasteiger partial charge in [-0.3, -0.25) is 4.68 Å². The maximum Gasteiger partial charge on any atom is 0.335 e. The van der Waals surface area contributed by atoms with Crippen LogP contribution < -0.4 is 0 Å². The first-order valence-corrected chi connectivity index (χ1v) is 10.6. The molecule has 1 aromatic heterocycles. The lowest BCUT2D eigenvalue weighted by Crippen LogP contribution is -2.24. The molecular formula is C27H28N2O2. The number of hydrogen-bond acceptors (Lipinski definition) is 2. The molecule has 0 saturated heterocycles. The quantitative estimate of drug-likeness (QED) is 0.425. The van der Waals surface area contributed by atoms with Crippen LogP contribution in [-0.2, 0) is 18.4 Å². The summed E-state index contributed by atoms with van der Waals surface area (Å²) < 4.78 is 1.97. The Bertz CT molecular complexity index is 1180. The molecule has 0 aliphatic heterocycles. The van der Waals surface area contributed by atoms with Gasteiger partial charge < -0.3 is 5.11 Å². The lowest BCUT2D eigenvalue weighted by Gasteiger charge is -2.33. The number of carbonyl (C=O) groups is 1. The Morgan fingerprint density at radius 1 is 1.16 bits per heavy atom. The minimum Gasteiger partial charge on any atom is -0.478 e. The summed E-state index contributed by atoms with van der Waals surface area (Å²) in [4.78, 5) is 11.1. The van der Waals surface area contributed by atoms with Crippen molar-refractivity contribution < 1.29 is 9.90 Å². The minimum atomic E-state index is -0.908. The van der Waals surface area contributed by atoms with Gasteiger partial charge in [0.05, 0.1) is 12.1 Å². The number of aromatic carboxylic acids is 1. The van der Waals surface area contributed by atoms with Gasteiger partial charge in [-0.05, 0) is 77.4 Å². The Balaban J connectivity index is 1.84. The van der Waals surface area contributed by atoms with Crippen LogP contribution in [0, 0.1) is 13.8 Å². The largest absolute Gasteiger partial charge is 0.478 e. The highest BCUT2D eigenvalue weighted by Crippen LogP contribution is 2.40. The van der Waals surface area contributed by atoms with E-state index < -0.39 is 5.97 Å². The van der Waals surface area contributed by atoms with Gasteiger partial charge in [-0.1, -0.05) is 50.3 Å². The van der Waals surface area contributed by atoms with E-state index in [2.05, 4.69) is 57.1 Å². The van der Waals surface area contributed by atoms with E-state index in [-0.39, 0.29) is 5.41 Å². The van der Waals surface area contributed by atoms with E-state index in [1.54, 1.807) is 12.1 Å². The van der Waals surface area contributed by atoms with Gasteiger partial charge in [-0.15, -0.1) is 0 Å². The third-order valence-electron chi connectivity index (χ3n) is 6.29. The van der Waals surface area contributed by atoms with Crippen molar-refractivity contribution in [1.29, 1.82) is 0 Å². The molecule has 2 aromatic carbocycles. The summed E-state index contributed by atoms with van der Waals surface area (Å²) in [5, 5.41) is 13.6. The summed E-state index contributed by atoms with van der Waals surface area (Å²) in [6.45, 7) is 9.73. The van der Waals surface area contributed by atoms with Crippen LogP contribution in [0.3, 0.4) is 0 Å². The number of benzene rings is 2. The van der Waals surface area contributed by atoms with Gasteiger partial charge in [0, 0.05) is 17.8 Å². The molecule has 31 heavy (non-hydrogen) atoms. The first-order valence-electron chi connectivity index (χ1n) is 10.6. The monoisotopic (exact) mass is 412 g/mol. The van der Waals surface area contributed by atoms with Crippen molar-refractivity contribution in [3.63, 3.8) is 0 Å². The highest BCUT2D eigenvalue weighted by molar-refractivity contribution is 5.88. The van der Waals surface area contributed by atoms with Crippen LogP contribution >= 0.6 is 0 Å². The number of fused-ring (bicyclic) bond motifs is 1. The molecule has 1 aliphatic rings. The van der Waals surface area contributed by atoms with Gasteiger partial charge in [-0.2, -0.15) is 5.10 Å². The van der Waals surface area contributed by atoms with Crippen molar-refractivity contribution in [2.45, 2.75) is 46.1 Å². The predicted octanol–water partition coefficient (Wildman–Crippen LogP) is 5.81. The van der Waals surface area contributed by atoms with Crippen molar-refractivity contribution in [3.05, 3.63) is 99.4 Å². The van der Waals surface area contributed by atoms with Crippen molar-refractivity contribution in [1.82, 2.24) is 9.78 Å². The van der Waals surface area contributed by atoms with E-state index >= 15 is 0 Å². The van der Waals surface area contributed by atoms with Crippen LogP contribution in [0.15, 0.2) is 54.9 Å². The molecule has 0 amide bonds. The molecule has 158 valence electrons. The molecule has 0 saturated carbocycles. The zero-order valence-corrected chi connectivity index (χ0v) is 18.5. The van der Waals surface area contributed by atoms with Crippen molar-refractivity contribution >= 4 is 18.1 Å². The maximum absolute atomic E-state index is 11.1. The molecule has 4 heteroatoms. The smallest absolute Gasteiger partial charge is 0.335 e. The standard InChI is InChI=1S/C27H28N2O2/c1-18-22(13-10-20-8-11-21(12-9-20)26(30)31)24(17-29-16-6-15-28-29)19(2)25-23(18)7-5-14-27(25,3)4/h5-6,8-16H,7,17H2,1-4H3,(H,30,31)/b13-10+. The molecule has 0 bridgehead atoms. The lowest BCUT2D eigenvalue weighted by atomic mass is 9.71. The fourth-order valence-electron chi connectivity index (χ4n) is 4.74. The summed E-state index contributed by atoms with van der Waals surface area (Å²) in [5.74, 6) is -0.908. The molecular weight excluding hydrogens is 384 g/mol. The molecule has 0 unspecified atom stereocenters. The number of hydrogen-bond donors (Lipinski definition) is 1. The Labute approximate surface area is 183 Å². The van der Waals surface area contributed by atoms with Crippen molar-refractivity contribution in [2.24, 2.45) is 0 Å². The highest BCUT2D eigenvalue weighted by atomic mass is 16.4. The minimum absolute atomic E-state index is 0.00377. The van der Waals surface area contributed by atoms with E-state index in [1.807, 2.05) is 35.3 Å². The molecule has 0 atom stereocenters. The zero-order chi connectivity index (χ0) is 22.2. The second kappa shape index (κ2) is 8.03. The average molecular weight is 413 g/mol. The SMILES string of the molecule is Cc1c(/C=C/c2ccc(C(=O)O)cc2)c(Cn2cccn2)c(C)c2c1CC=CC2(C)C. The Hall–Kier alpha value is -3.40. The van der Waals surface area contributed by atoms with Crippen LogP contribution in [0.1, 0.15) is 63.1 Å². The lowest BCUT2D eigenvalue weighted by molar-refractivity contribution is 0.0697. The second-order valence-electron chi connectivity index (χ2n) is 8.79. The number of carboxylic acid groups (broad SMARTS) is 1. The van der Waals surface area contributed by atoms with E-state index in [9.17, 15) is 4.79 Å². The van der Waals surface area contributed by atoms with Gasteiger partial charge in [0.25, 0.3) is 0 Å². The van der Waals surface area contributed by atoms with Crippen molar-refractivity contribution in [3.8, 4) is 0 Å².